The molecule has 0 aromatic heterocycles. The summed E-state index contributed by atoms with van der Waals surface area (Å²) in [5, 5.41) is 23.7. The molecule has 0 amide bonds. The van der Waals surface area contributed by atoms with Crippen molar-refractivity contribution < 1.29 is 10.2 Å². The van der Waals surface area contributed by atoms with Crippen molar-refractivity contribution in [2.45, 2.75) is 31.9 Å². The van der Waals surface area contributed by atoms with Gasteiger partial charge in [-0.2, -0.15) is 0 Å². The van der Waals surface area contributed by atoms with Crippen molar-refractivity contribution in [3.8, 4) is 5.75 Å². The minimum atomic E-state index is -0.726. The summed E-state index contributed by atoms with van der Waals surface area (Å²) in [5.74, 6) is 0.296. The monoisotopic (exact) mass is 293 g/mol. The van der Waals surface area contributed by atoms with Crippen LogP contribution in [-0.2, 0) is 12.8 Å². The van der Waals surface area contributed by atoms with Crippen LogP contribution in [0.4, 0.5) is 5.69 Å². The Morgan fingerprint density at radius 1 is 1.05 bits per heavy atom. The van der Waals surface area contributed by atoms with Crippen LogP contribution >= 0.6 is 0 Å². The Kier molecular flexibility index (Phi) is 3.16. The largest absolute Gasteiger partial charge is 0.507 e. The van der Waals surface area contributed by atoms with E-state index in [0.717, 1.165) is 41.6 Å². The molecule has 112 valence electrons. The highest BCUT2D eigenvalue weighted by Crippen LogP contribution is 2.38. The van der Waals surface area contributed by atoms with Crippen molar-refractivity contribution in [1.82, 2.24) is 0 Å². The molecule has 2 aromatic rings. The number of aliphatic hydroxyl groups is 1. The summed E-state index contributed by atoms with van der Waals surface area (Å²) < 4.78 is 0. The third-order valence-corrected chi connectivity index (χ3v) is 4.68. The average molecular weight is 293 g/mol. The molecule has 0 saturated carbocycles. The molecule has 0 radical (unpaired) electrons. The number of anilines is 1. The third kappa shape index (κ3) is 2.09. The lowest BCUT2D eigenvalue weighted by atomic mass is 9.86. The number of rotatable bonds is 1. The molecular formula is C19H19NO2. The Balaban J connectivity index is 1.87. The fourth-order valence-electron chi connectivity index (χ4n) is 3.55. The van der Waals surface area contributed by atoms with E-state index in [1.165, 1.54) is 17.5 Å². The van der Waals surface area contributed by atoms with Gasteiger partial charge in [-0.05, 0) is 55.0 Å². The van der Waals surface area contributed by atoms with Gasteiger partial charge in [0.2, 0.25) is 0 Å². The first-order valence-corrected chi connectivity index (χ1v) is 7.83. The van der Waals surface area contributed by atoms with Gasteiger partial charge in [0.15, 0.2) is 6.23 Å². The van der Waals surface area contributed by atoms with Gasteiger partial charge in [-0.15, -0.1) is 0 Å². The molecule has 22 heavy (non-hydrogen) atoms. The van der Waals surface area contributed by atoms with Crippen LogP contribution in [0.15, 0.2) is 36.4 Å². The summed E-state index contributed by atoms with van der Waals surface area (Å²) in [7, 11) is 0. The van der Waals surface area contributed by atoms with Crippen LogP contribution in [0, 0.1) is 0 Å². The van der Waals surface area contributed by atoms with Gasteiger partial charge in [0.1, 0.15) is 5.75 Å². The maximum absolute atomic E-state index is 10.3. The van der Waals surface area contributed by atoms with Gasteiger partial charge < -0.3 is 15.5 Å². The normalized spacial score (nSPS) is 21.3. The van der Waals surface area contributed by atoms with E-state index in [1.54, 1.807) is 6.07 Å². The van der Waals surface area contributed by atoms with Gasteiger partial charge in [-0.1, -0.05) is 24.3 Å². The molecule has 1 aliphatic carbocycles. The summed E-state index contributed by atoms with van der Waals surface area (Å²) in [6, 6.07) is 11.7. The number of fused-ring (bicyclic) bond motifs is 2. The van der Waals surface area contributed by atoms with Crippen molar-refractivity contribution in [1.29, 1.82) is 0 Å². The maximum Gasteiger partial charge on any atom is 0.151 e. The molecule has 3 heteroatoms. The lowest BCUT2D eigenvalue weighted by molar-refractivity contribution is 0.266. The zero-order valence-corrected chi connectivity index (χ0v) is 12.3. The molecule has 2 aliphatic rings. The van der Waals surface area contributed by atoms with Crippen molar-refractivity contribution >= 4 is 17.3 Å². The number of aryl methyl sites for hydroxylation is 1. The van der Waals surface area contributed by atoms with E-state index in [2.05, 4.69) is 5.32 Å². The standard InChI is InChI=1S/C19H19NO2/c21-18-10-9-12-5-1-2-6-13(12)15(18)11-16-14-7-3-4-8-17(14)20-19(16)22/h3-4,7-11,19-22H,1-2,5-6H2. The zero-order chi connectivity index (χ0) is 15.1. The average Bonchev–Trinajstić information content (AvgIpc) is 2.86. The van der Waals surface area contributed by atoms with Crippen molar-refractivity contribution in [3.05, 3.63) is 58.7 Å². The van der Waals surface area contributed by atoms with Crippen molar-refractivity contribution in [3.63, 3.8) is 0 Å². The summed E-state index contributed by atoms with van der Waals surface area (Å²) in [5.41, 5.74) is 6.18. The number of phenolic OH excluding ortho intramolecular Hbond substituents is 1. The van der Waals surface area contributed by atoms with Crippen molar-refractivity contribution in [2.75, 3.05) is 5.32 Å². The van der Waals surface area contributed by atoms with E-state index < -0.39 is 6.23 Å². The first kappa shape index (κ1) is 13.4. The highest BCUT2D eigenvalue weighted by Gasteiger charge is 2.25. The molecule has 0 bridgehead atoms. The highest BCUT2D eigenvalue weighted by molar-refractivity contribution is 5.95. The van der Waals surface area contributed by atoms with Gasteiger partial charge in [0, 0.05) is 22.4 Å². The SMILES string of the molecule is Oc1ccc2c(c1C=C1c3ccccc3NC1O)CCCC2. The number of hydrogen-bond acceptors (Lipinski definition) is 3. The second kappa shape index (κ2) is 5.18. The van der Waals surface area contributed by atoms with E-state index in [0.29, 0.717) is 5.75 Å². The first-order chi connectivity index (χ1) is 10.7. The topological polar surface area (TPSA) is 52.5 Å². The molecule has 0 spiro atoms. The van der Waals surface area contributed by atoms with E-state index >= 15 is 0 Å². The lowest BCUT2D eigenvalue weighted by Gasteiger charge is -2.19. The summed E-state index contributed by atoms with van der Waals surface area (Å²) >= 11 is 0. The summed E-state index contributed by atoms with van der Waals surface area (Å²) in [6.45, 7) is 0. The van der Waals surface area contributed by atoms with E-state index in [-0.39, 0.29) is 0 Å². The fourth-order valence-corrected chi connectivity index (χ4v) is 3.55. The van der Waals surface area contributed by atoms with E-state index in [9.17, 15) is 10.2 Å². The molecule has 3 N–H and O–H groups in total. The van der Waals surface area contributed by atoms with Crippen LogP contribution < -0.4 is 5.32 Å². The Morgan fingerprint density at radius 2 is 1.86 bits per heavy atom. The molecule has 3 nitrogen and oxygen atoms in total. The number of hydrogen-bond donors (Lipinski definition) is 3. The first-order valence-electron chi connectivity index (χ1n) is 7.83. The number of nitrogens with one attached hydrogen (secondary N) is 1. The van der Waals surface area contributed by atoms with Gasteiger partial charge in [0.25, 0.3) is 0 Å². The Labute approximate surface area is 129 Å². The summed E-state index contributed by atoms with van der Waals surface area (Å²) in [4.78, 5) is 0. The Morgan fingerprint density at radius 3 is 2.77 bits per heavy atom. The predicted molar refractivity (Wildman–Crippen MR) is 88.7 cm³/mol. The van der Waals surface area contributed by atoms with Crippen LogP contribution in [0.5, 0.6) is 5.75 Å². The van der Waals surface area contributed by atoms with Gasteiger partial charge >= 0.3 is 0 Å². The number of phenols is 1. The van der Waals surface area contributed by atoms with Crippen LogP contribution in [0.1, 0.15) is 35.1 Å². The molecule has 4 rings (SSSR count). The Hall–Kier alpha value is -2.26. The molecule has 1 aliphatic heterocycles. The molecule has 1 unspecified atom stereocenters. The maximum atomic E-state index is 10.3. The minimum absolute atomic E-state index is 0.296. The molecular weight excluding hydrogens is 274 g/mol. The lowest BCUT2D eigenvalue weighted by Crippen LogP contribution is -2.13. The number of aliphatic hydroxyl groups excluding tert-OH is 1. The van der Waals surface area contributed by atoms with Gasteiger partial charge in [-0.3, -0.25) is 0 Å². The summed E-state index contributed by atoms with van der Waals surface area (Å²) in [6.07, 6.45) is 5.65. The van der Waals surface area contributed by atoms with Crippen LogP contribution in [0.3, 0.4) is 0 Å². The number of aromatic hydroxyl groups is 1. The van der Waals surface area contributed by atoms with E-state index in [4.69, 9.17) is 0 Å². The number of benzene rings is 2. The van der Waals surface area contributed by atoms with Crippen LogP contribution in [0.25, 0.3) is 11.6 Å². The second-order valence-electron chi connectivity index (χ2n) is 6.04. The second-order valence-corrected chi connectivity index (χ2v) is 6.04. The van der Waals surface area contributed by atoms with Gasteiger partial charge in [-0.25, -0.2) is 0 Å². The quantitative estimate of drug-likeness (QED) is 0.753. The molecule has 1 atom stereocenters. The highest BCUT2D eigenvalue weighted by atomic mass is 16.3. The van der Waals surface area contributed by atoms with Gasteiger partial charge in [0.05, 0.1) is 0 Å². The minimum Gasteiger partial charge on any atom is -0.507 e. The molecule has 1 heterocycles. The Bertz CT molecular complexity index is 764. The smallest absolute Gasteiger partial charge is 0.151 e. The number of para-hydroxylation sites is 1. The predicted octanol–water partition coefficient (Wildman–Crippen LogP) is 3.56. The zero-order valence-electron chi connectivity index (χ0n) is 12.3. The molecule has 0 saturated heterocycles. The van der Waals surface area contributed by atoms with Crippen LogP contribution in [-0.4, -0.2) is 16.4 Å². The van der Waals surface area contributed by atoms with Crippen LogP contribution in [0.2, 0.25) is 0 Å². The van der Waals surface area contributed by atoms with Crippen molar-refractivity contribution in [2.24, 2.45) is 0 Å². The molecule has 2 aromatic carbocycles. The molecule has 0 fully saturated rings. The fraction of sp³-hybridized carbons (Fsp3) is 0.263. The van der Waals surface area contributed by atoms with E-state index in [1.807, 2.05) is 36.4 Å². The third-order valence-electron chi connectivity index (χ3n) is 4.68.